The number of nitrogens with one attached hydrogen (secondary N) is 1. The maximum atomic E-state index is 13.6. The van der Waals surface area contributed by atoms with Crippen molar-refractivity contribution in [3.8, 4) is 11.3 Å². The van der Waals surface area contributed by atoms with Crippen molar-refractivity contribution in [1.82, 2.24) is 5.32 Å². The van der Waals surface area contributed by atoms with Gasteiger partial charge in [-0.3, -0.25) is 9.10 Å². The number of sulfonamides is 1. The number of carbonyl (C=O) groups is 1. The Morgan fingerprint density at radius 3 is 2.50 bits per heavy atom. The normalized spacial score (nSPS) is 16.8. The Kier molecular flexibility index (Phi) is 6.48. The Balaban J connectivity index is 1.51. The minimum Gasteiger partial charge on any atom is -0.455 e. The maximum Gasteiger partial charge on any atom is 0.491 e. The number of nitrogens with zero attached hydrogens (tertiary/aromatic N) is 1. The number of benzene rings is 3. The fourth-order valence-electron chi connectivity index (χ4n) is 5.43. The first-order valence-electron chi connectivity index (χ1n) is 13.1. The number of furan rings is 1. The van der Waals surface area contributed by atoms with Gasteiger partial charge in [-0.15, -0.1) is 0 Å². The van der Waals surface area contributed by atoms with Crippen LogP contribution in [0.5, 0.6) is 0 Å². The van der Waals surface area contributed by atoms with Crippen molar-refractivity contribution in [1.29, 1.82) is 0 Å². The third-order valence-electron chi connectivity index (χ3n) is 7.60. The molecule has 0 radical (unpaired) electrons. The number of hydrogen-bond donors (Lipinski definition) is 2. The number of rotatable bonds is 7. The molecule has 0 saturated heterocycles. The van der Waals surface area contributed by atoms with E-state index in [-0.39, 0.29) is 30.2 Å². The molecule has 206 valence electrons. The number of fused-ring (bicyclic) bond motifs is 2. The molecule has 8 nitrogen and oxygen atoms in total. The van der Waals surface area contributed by atoms with Gasteiger partial charge in [-0.05, 0) is 78.2 Å². The first-order valence-corrected chi connectivity index (χ1v) is 14.9. The molecule has 1 aromatic heterocycles. The van der Waals surface area contributed by atoms with Crippen molar-refractivity contribution < 1.29 is 31.7 Å². The number of hydrogen-bond acceptors (Lipinski definition) is 6. The largest absolute Gasteiger partial charge is 0.491 e. The van der Waals surface area contributed by atoms with Crippen LogP contribution in [-0.4, -0.2) is 39.8 Å². The summed E-state index contributed by atoms with van der Waals surface area (Å²) in [6.45, 7) is 1.90. The predicted molar refractivity (Wildman–Crippen MR) is 152 cm³/mol. The molecule has 1 amide bonds. The summed E-state index contributed by atoms with van der Waals surface area (Å²) in [5.74, 6) is -0.339. The van der Waals surface area contributed by atoms with E-state index in [9.17, 15) is 22.6 Å². The molecule has 0 unspecified atom stereocenters. The molecule has 0 spiro atoms. The van der Waals surface area contributed by atoms with Crippen molar-refractivity contribution in [2.45, 2.75) is 38.3 Å². The molecule has 1 aliphatic carbocycles. The summed E-state index contributed by atoms with van der Waals surface area (Å²) in [4.78, 5) is 13.0. The lowest BCUT2D eigenvalue weighted by Crippen LogP contribution is -2.31. The van der Waals surface area contributed by atoms with Gasteiger partial charge in [-0.2, -0.15) is 0 Å². The molecule has 11 heteroatoms. The van der Waals surface area contributed by atoms with E-state index in [0.29, 0.717) is 33.2 Å². The van der Waals surface area contributed by atoms with Crippen LogP contribution < -0.4 is 15.1 Å². The van der Waals surface area contributed by atoms with Crippen LogP contribution in [0, 0.1) is 5.82 Å². The lowest BCUT2D eigenvalue weighted by Gasteiger charge is -2.25. The summed E-state index contributed by atoms with van der Waals surface area (Å²) in [5, 5.41) is 13.4. The van der Waals surface area contributed by atoms with Crippen LogP contribution in [0.4, 0.5) is 10.1 Å². The molecule has 1 aliphatic heterocycles. The highest BCUT2D eigenvalue weighted by atomic mass is 32.2. The van der Waals surface area contributed by atoms with Gasteiger partial charge in [0.1, 0.15) is 17.2 Å². The summed E-state index contributed by atoms with van der Waals surface area (Å²) in [7, 11) is -3.22. The van der Waals surface area contributed by atoms with Crippen molar-refractivity contribution in [2.75, 3.05) is 17.6 Å². The van der Waals surface area contributed by atoms with Gasteiger partial charge in [0.15, 0.2) is 0 Å². The molecule has 3 aromatic carbocycles. The lowest BCUT2D eigenvalue weighted by atomic mass is 9.79. The van der Waals surface area contributed by atoms with E-state index in [1.165, 1.54) is 29.7 Å². The second-order valence-electron chi connectivity index (χ2n) is 10.4. The van der Waals surface area contributed by atoms with Crippen LogP contribution in [0.2, 0.25) is 0 Å². The maximum absolute atomic E-state index is 13.6. The van der Waals surface area contributed by atoms with Crippen molar-refractivity contribution in [2.24, 2.45) is 0 Å². The minimum absolute atomic E-state index is 0.0635. The molecular formula is C29H28BFN2O6S. The van der Waals surface area contributed by atoms with Crippen LogP contribution in [0.25, 0.3) is 22.3 Å². The van der Waals surface area contributed by atoms with Crippen LogP contribution in [0.15, 0.2) is 59.0 Å². The average Bonchev–Trinajstić information content (AvgIpc) is 3.64. The predicted octanol–water partition coefficient (Wildman–Crippen LogP) is 4.22. The Morgan fingerprint density at radius 2 is 1.85 bits per heavy atom. The van der Waals surface area contributed by atoms with Crippen molar-refractivity contribution >= 4 is 45.2 Å². The number of anilines is 1. The molecular weight excluding hydrogens is 534 g/mol. The zero-order chi connectivity index (χ0) is 28.3. The standard InChI is InChI=1S/C29H28BFN2O6S/c1-16-21-12-17(4-11-24(21)30(35)39-16)15-33(40(3,36)37)25-14-26-23(13-22(25)18-5-6-18)27(29(34)32-2)28(38-26)19-7-9-20(31)10-8-19/h4,7-14,16,18,35H,5-6,15H2,1-3H3,(H,32,34)/t16-/m0/s1. The number of carbonyl (C=O) groups excluding carboxylic acids is 1. The van der Waals surface area contributed by atoms with Crippen LogP contribution in [0.1, 0.15) is 58.8 Å². The molecule has 1 atom stereocenters. The molecule has 4 aromatic rings. The van der Waals surface area contributed by atoms with E-state index in [1.807, 2.05) is 19.1 Å². The van der Waals surface area contributed by atoms with Crippen LogP contribution >= 0.6 is 0 Å². The number of halogens is 1. The van der Waals surface area contributed by atoms with Gasteiger partial charge >= 0.3 is 7.12 Å². The Labute approximate surface area is 231 Å². The van der Waals surface area contributed by atoms with Crippen molar-refractivity contribution in [3.05, 3.63) is 82.7 Å². The quantitative estimate of drug-likeness (QED) is 0.327. The fourth-order valence-corrected chi connectivity index (χ4v) is 6.33. The van der Waals surface area contributed by atoms with Gasteiger partial charge in [0.05, 0.1) is 30.2 Å². The SMILES string of the molecule is CNC(=O)c1c(-c2ccc(F)cc2)oc2cc(N(Cc3ccc4c(c3)[C@H](C)OB4O)S(C)(=O)=O)c(C3CC3)cc12. The number of amides is 1. The summed E-state index contributed by atoms with van der Waals surface area (Å²) in [6, 6.07) is 14.6. The van der Waals surface area contributed by atoms with Gasteiger partial charge in [-0.1, -0.05) is 18.2 Å². The molecule has 1 saturated carbocycles. The van der Waals surface area contributed by atoms with Crippen LogP contribution in [-0.2, 0) is 21.2 Å². The second kappa shape index (κ2) is 9.76. The van der Waals surface area contributed by atoms with E-state index in [2.05, 4.69) is 5.32 Å². The highest BCUT2D eigenvalue weighted by molar-refractivity contribution is 7.92. The lowest BCUT2D eigenvalue weighted by molar-refractivity contribution is 0.0964. The summed E-state index contributed by atoms with van der Waals surface area (Å²) < 4.78 is 53.1. The second-order valence-corrected chi connectivity index (χ2v) is 12.3. The molecule has 2 N–H and O–H groups in total. The first-order chi connectivity index (χ1) is 19.0. The summed E-state index contributed by atoms with van der Waals surface area (Å²) >= 11 is 0. The molecule has 2 aliphatic rings. The average molecular weight is 562 g/mol. The monoisotopic (exact) mass is 562 g/mol. The zero-order valence-corrected chi connectivity index (χ0v) is 23.1. The van der Waals surface area contributed by atoms with E-state index in [0.717, 1.165) is 29.5 Å². The van der Waals surface area contributed by atoms with Gasteiger partial charge in [0.25, 0.3) is 5.91 Å². The minimum atomic E-state index is -3.74. The highest BCUT2D eigenvalue weighted by Gasteiger charge is 2.35. The van der Waals surface area contributed by atoms with Gasteiger partial charge < -0.3 is 19.4 Å². The first kappa shape index (κ1) is 26.6. The van der Waals surface area contributed by atoms with E-state index < -0.39 is 23.0 Å². The van der Waals surface area contributed by atoms with Crippen LogP contribution in [0.3, 0.4) is 0 Å². The van der Waals surface area contributed by atoms with E-state index in [4.69, 9.17) is 9.07 Å². The molecule has 1 fully saturated rings. The topological polar surface area (TPSA) is 109 Å². The zero-order valence-electron chi connectivity index (χ0n) is 22.3. The van der Waals surface area contributed by atoms with E-state index >= 15 is 0 Å². The van der Waals surface area contributed by atoms with Gasteiger partial charge in [0.2, 0.25) is 10.0 Å². The van der Waals surface area contributed by atoms with Gasteiger partial charge in [-0.25, -0.2) is 12.8 Å². The van der Waals surface area contributed by atoms with Gasteiger partial charge in [0, 0.05) is 24.1 Å². The molecule has 2 heterocycles. The van der Waals surface area contributed by atoms with E-state index in [1.54, 1.807) is 30.3 Å². The third kappa shape index (κ3) is 4.68. The molecule has 40 heavy (non-hydrogen) atoms. The third-order valence-corrected chi connectivity index (χ3v) is 8.72. The Bertz CT molecular complexity index is 1750. The summed E-state index contributed by atoms with van der Waals surface area (Å²) in [6.07, 6.45) is 2.66. The Hall–Kier alpha value is -3.67. The smallest absolute Gasteiger partial charge is 0.455 e. The molecule has 6 rings (SSSR count). The van der Waals surface area contributed by atoms with Crippen molar-refractivity contribution in [3.63, 3.8) is 0 Å². The highest BCUT2D eigenvalue weighted by Crippen LogP contribution is 2.48. The molecule has 0 bridgehead atoms. The summed E-state index contributed by atoms with van der Waals surface area (Å²) in [5.41, 5.74) is 4.75. The Morgan fingerprint density at radius 1 is 1.12 bits per heavy atom. The fraction of sp³-hybridized carbons (Fsp3) is 0.276.